The van der Waals surface area contributed by atoms with Crippen molar-refractivity contribution in [3.05, 3.63) is 65.9 Å². The summed E-state index contributed by atoms with van der Waals surface area (Å²) < 4.78 is 40.8. The third-order valence-corrected chi connectivity index (χ3v) is 7.37. The van der Waals surface area contributed by atoms with Crippen LogP contribution in [0.1, 0.15) is 31.6 Å². The van der Waals surface area contributed by atoms with E-state index in [0.717, 1.165) is 46.8 Å². The first-order valence-electron chi connectivity index (χ1n) is 10.7. The van der Waals surface area contributed by atoms with Crippen molar-refractivity contribution in [2.24, 2.45) is 5.92 Å². The second-order valence-electron chi connectivity index (χ2n) is 8.21. The van der Waals surface area contributed by atoms with Gasteiger partial charge in [0.15, 0.2) is 0 Å². The monoisotopic (exact) mass is 435 g/mol. The number of ether oxygens (including phenoxy) is 1. The average molecular weight is 436 g/mol. The quantitative estimate of drug-likeness (QED) is 0.423. The van der Waals surface area contributed by atoms with E-state index in [0.29, 0.717) is 24.0 Å². The molecule has 1 aliphatic rings. The molecule has 1 N–H and O–H groups in total. The third-order valence-electron chi connectivity index (χ3n) is 5.99. The summed E-state index contributed by atoms with van der Waals surface area (Å²) in [5.74, 6) is 2.26. The normalized spacial score (nSPS) is 16.4. The van der Waals surface area contributed by atoms with Crippen molar-refractivity contribution >= 4 is 37.5 Å². The van der Waals surface area contributed by atoms with Crippen LogP contribution in [0.2, 0.25) is 0 Å². The molecule has 6 heteroatoms. The summed E-state index contributed by atoms with van der Waals surface area (Å²) in [6.07, 6.45) is 2.99. The predicted molar refractivity (Wildman–Crippen MR) is 123 cm³/mol. The number of nitrogens with one attached hydrogen (secondary N) is 1. The lowest BCUT2D eigenvalue weighted by molar-refractivity contribution is 0.340. The van der Waals surface area contributed by atoms with Gasteiger partial charge in [0.2, 0.25) is 0 Å². The number of rotatable bonds is 5. The molecule has 1 aliphatic carbocycles. The van der Waals surface area contributed by atoms with Crippen molar-refractivity contribution in [3.63, 3.8) is 0 Å². The van der Waals surface area contributed by atoms with Crippen LogP contribution in [-0.2, 0) is 22.9 Å². The fraction of sp³-hybridized carbons (Fsp3) is 0.280. The Labute approximate surface area is 182 Å². The fourth-order valence-electron chi connectivity index (χ4n) is 4.44. The smallest absolute Gasteiger partial charge is 0.261 e. The lowest BCUT2D eigenvalue weighted by Crippen LogP contribution is -2.13. The van der Waals surface area contributed by atoms with Gasteiger partial charge in [0.25, 0.3) is 10.0 Å². The molecule has 5 rings (SSSR count). The number of anilines is 1. The van der Waals surface area contributed by atoms with E-state index in [1.807, 2.05) is 37.3 Å². The second kappa shape index (κ2) is 7.61. The van der Waals surface area contributed by atoms with Gasteiger partial charge < -0.3 is 9.15 Å². The fourth-order valence-corrected chi connectivity index (χ4v) is 5.51. The van der Waals surface area contributed by atoms with Crippen LogP contribution < -0.4 is 9.46 Å². The number of hydrogen-bond acceptors (Lipinski definition) is 4. The summed E-state index contributed by atoms with van der Waals surface area (Å²) in [5, 5.41) is 2.75. The molecule has 4 aromatic rings. The van der Waals surface area contributed by atoms with E-state index in [-0.39, 0.29) is 4.90 Å². The van der Waals surface area contributed by atoms with Gasteiger partial charge in [-0.1, -0.05) is 31.2 Å². The topological polar surface area (TPSA) is 68.5 Å². The molecule has 0 saturated carbocycles. The van der Waals surface area contributed by atoms with E-state index in [4.69, 9.17) is 9.15 Å². The van der Waals surface area contributed by atoms with E-state index >= 15 is 0 Å². The number of fused-ring (bicyclic) bond motifs is 5. The van der Waals surface area contributed by atoms with Crippen LogP contribution in [0.4, 0.5) is 5.69 Å². The van der Waals surface area contributed by atoms with E-state index in [1.165, 1.54) is 5.56 Å². The Morgan fingerprint density at radius 3 is 2.55 bits per heavy atom. The standard InChI is InChI=1S/C25H25NO4S/c1-3-29-17-9-11-18(12-10-17)31(27,28)26-23-15-22-21-14-16(2)8-13-24(21)30-25(22)20-7-5-4-6-19(20)23/h4-7,9-12,15-16,26H,3,8,13-14H2,1-2H3. The largest absolute Gasteiger partial charge is 0.494 e. The number of hydrogen-bond donors (Lipinski definition) is 1. The van der Waals surface area contributed by atoms with E-state index in [9.17, 15) is 8.42 Å². The van der Waals surface area contributed by atoms with Gasteiger partial charge in [0.1, 0.15) is 17.1 Å². The predicted octanol–water partition coefficient (Wildman–Crippen LogP) is 5.91. The molecule has 0 spiro atoms. The van der Waals surface area contributed by atoms with Crippen molar-refractivity contribution in [1.82, 2.24) is 0 Å². The molecule has 0 bridgehead atoms. The van der Waals surface area contributed by atoms with Gasteiger partial charge >= 0.3 is 0 Å². The minimum atomic E-state index is -3.76. The van der Waals surface area contributed by atoms with Crippen LogP contribution in [-0.4, -0.2) is 15.0 Å². The zero-order valence-electron chi connectivity index (χ0n) is 17.6. The lowest BCUT2D eigenvalue weighted by Gasteiger charge is -2.17. The Hall–Kier alpha value is -2.99. The minimum absolute atomic E-state index is 0.197. The molecular formula is C25H25NO4S. The molecule has 1 aromatic heterocycles. The van der Waals surface area contributed by atoms with Crippen LogP contribution >= 0.6 is 0 Å². The molecule has 0 radical (unpaired) electrons. The number of benzene rings is 3. The third kappa shape index (κ3) is 3.55. The van der Waals surface area contributed by atoms with Gasteiger partial charge in [-0.2, -0.15) is 0 Å². The maximum Gasteiger partial charge on any atom is 0.261 e. The van der Waals surface area contributed by atoms with Crippen LogP contribution in [0.5, 0.6) is 5.75 Å². The highest BCUT2D eigenvalue weighted by molar-refractivity contribution is 7.92. The maximum absolute atomic E-state index is 13.2. The molecule has 1 unspecified atom stereocenters. The highest BCUT2D eigenvalue weighted by Crippen LogP contribution is 2.40. The summed E-state index contributed by atoms with van der Waals surface area (Å²) in [6, 6.07) is 16.2. The summed E-state index contributed by atoms with van der Waals surface area (Å²) >= 11 is 0. The Morgan fingerprint density at radius 1 is 1.06 bits per heavy atom. The molecule has 0 fully saturated rings. The minimum Gasteiger partial charge on any atom is -0.494 e. The van der Waals surface area contributed by atoms with Gasteiger partial charge in [0, 0.05) is 28.1 Å². The van der Waals surface area contributed by atoms with Crippen LogP contribution in [0.15, 0.2) is 63.9 Å². The Bertz CT molecular complexity index is 1370. The number of aryl methyl sites for hydroxylation is 1. The Kier molecular flexibility index (Phi) is 4.89. The molecule has 3 aromatic carbocycles. The zero-order valence-corrected chi connectivity index (χ0v) is 18.5. The van der Waals surface area contributed by atoms with Crippen molar-refractivity contribution in [1.29, 1.82) is 0 Å². The average Bonchev–Trinajstić information content (AvgIpc) is 3.12. The SMILES string of the molecule is CCOc1ccc(S(=O)(=O)Nc2cc3c4c(oc3c3ccccc23)CCC(C)C4)cc1. The summed E-state index contributed by atoms with van der Waals surface area (Å²) in [4.78, 5) is 0.197. The number of sulfonamides is 1. The van der Waals surface area contributed by atoms with Crippen LogP contribution in [0.3, 0.4) is 0 Å². The molecular weight excluding hydrogens is 410 g/mol. The van der Waals surface area contributed by atoms with Crippen molar-refractivity contribution in [2.45, 2.75) is 38.0 Å². The highest BCUT2D eigenvalue weighted by Gasteiger charge is 2.25. The molecule has 1 heterocycles. The van der Waals surface area contributed by atoms with Crippen LogP contribution in [0, 0.1) is 5.92 Å². The first kappa shape index (κ1) is 19.9. The highest BCUT2D eigenvalue weighted by atomic mass is 32.2. The van der Waals surface area contributed by atoms with Crippen molar-refractivity contribution in [2.75, 3.05) is 11.3 Å². The molecule has 0 saturated heterocycles. The number of furan rings is 1. The molecule has 160 valence electrons. The molecule has 31 heavy (non-hydrogen) atoms. The molecule has 0 aliphatic heterocycles. The molecule has 0 amide bonds. The lowest BCUT2D eigenvalue weighted by atomic mass is 9.87. The summed E-state index contributed by atoms with van der Waals surface area (Å²) in [6.45, 7) is 4.67. The van der Waals surface area contributed by atoms with Gasteiger partial charge in [-0.15, -0.1) is 0 Å². The summed E-state index contributed by atoms with van der Waals surface area (Å²) in [5.41, 5.74) is 2.62. The Balaban J connectivity index is 1.62. The van der Waals surface area contributed by atoms with Crippen LogP contribution in [0.25, 0.3) is 21.7 Å². The van der Waals surface area contributed by atoms with Crippen molar-refractivity contribution in [3.8, 4) is 5.75 Å². The van der Waals surface area contributed by atoms with Gasteiger partial charge in [-0.3, -0.25) is 4.72 Å². The zero-order chi connectivity index (χ0) is 21.6. The second-order valence-corrected chi connectivity index (χ2v) is 9.89. The maximum atomic E-state index is 13.2. The van der Waals surface area contributed by atoms with Crippen molar-refractivity contribution < 1.29 is 17.6 Å². The first-order chi connectivity index (χ1) is 15.0. The van der Waals surface area contributed by atoms with Gasteiger partial charge in [0.05, 0.1) is 17.2 Å². The van der Waals surface area contributed by atoms with Gasteiger partial charge in [-0.25, -0.2) is 8.42 Å². The summed E-state index contributed by atoms with van der Waals surface area (Å²) in [7, 11) is -3.76. The molecule has 5 nitrogen and oxygen atoms in total. The molecule has 1 atom stereocenters. The van der Waals surface area contributed by atoms with E-state index in [2.05, 4.69) is 11.6 Å². The van der Waals surface area contributed by atoms with E-state index in [1.54, 1.807) is 24.3 Å². The first-order valence-corrected chi connectivity index (χ1v) is 12.2. The Morgan fingerprint density at radius 2 is 1.81 bits per heavy atom. The van der Waals surface area contributed by atoms with Gasteiger partial charge in [-0.05, 0) is 56.0 Å². The van der Waals surface area contributed by atoms with E-state index < -0.39 is 10.0 Å².